The minimum atomic E-state index is -0.429. The number of phenolic OH excluding ortho intramolecular Hbond substituents is 1. The first-order valence-electron chi connectivity index (χ1n) is 7.83. The van der Waals surface area contributed by atoms with Crippen molar-refractivity contribution in [3.8, 4) is 17.2 Å². The van der Waals surface area contributed by atoms with E-state index >= 15 is 0 Å². The normalized spacial score (nSPS) is 11.0. The Morgan fingerprint density at radius 3 is 2.44 bits per heavy atom. The highest BCUT2D eigenvalue weighted by Gasteiger charge is 2.22. The van der Waals surface area contributed by atoms with E-state index in [0.29, 0.717) is 38.2 Å². The standard InChI is InChI=1S/C18H19Br2NO4/c1-5-11-6-12(7-13(9(2)3)17(11)22)25-18-14(19)8-15(21(23)24)10(4)16(18)20/h6-9,22H,5H2,1-4H3. The van der Waals surface area contributed by atoms with Crippen LogP contribution in [0.25, 0.3) is 0 Å². The fraction of sp³-hybridized carbons (Fsp3) is 0.333. The number of aromatic hydroxyl groups is 1. The van der Waals surface area contributed by atoms with Crippen molar-refractivity contribution >= 4 is 37.5 Å². The molecule has 0 aromatic heterocycles. The first-order valence-corrected chi connectivity index (χ1v) is 9.42. The summed E-state index contributed by atoms with van der Waals surface area (Å²) in [4.78, 5) is 10.7. The van der Waals surface area contributed by atoms with Crippen LogP contribution in [0.15, 0.2) is 27.1 Å². The van der Waals surface area contributed by atoms with Crippen LogP contribution in [0.3, 0.4) is 0 Å². The van der Waals surface area contributed by atoms with Crippen molar-refractivity contribution in [2.45, 2.75) is 40.0 Å². The summed E-state index contributed by atoms with van der Waals surface area (Å²) in [5, 5.41) is 21.5. The molecule has 0 fully saturated rings. The molecule has 0 saturated carbocycles. The molecule has 2 rings (SSSR count). The third-order valence-electron chi connectivity index (χ3n) is 4.00. The van der Waals surface area contributed by atoms with Gasteiger partial charge in [0, 0.05) is 17.2 Å². The molecular weight excluding hydrogens is 454 g/mol. The number of ether oxygens (including phenoxy) is 1. The second kappa shape index (κ2) is 7.74. The van der Waals surface area contributed by atoms with E-state index in [1.165, 1.54) is 6.07 Å². The third-order valence-corrected chi connectivity index (χ3v) is 5.55. The number of rotatable bonds is 5. The van der Waals surface area contributed by atoms with E-state index in [-0.39, 0.29) is 11.6 Å². The first kappa shape index (κ1) is 19.7. The quantitative estimate of drug-likeness (QED) is 0.392. The van der Waals surface area contributed by atoms with E-state index in [2.05, 4.69) is 31.9 Å². The van der Waals surface area contributed by atoms with Crippen LogP contribution in [0.2, 0.25) is 0 Å². The van der Waals surface area contributed by atoms with E-state index in [1.54, 1.807) is 19.1 Å². The van der Waals surface area contributed by atoms with Gasteiger partial charge in [0.2, 0.25) is 0 Å². The Morgan fingerprint density at radius 1 is 1.28 bits per heavy atom. The predicted octanol–water partition coefficient (Wildman–Crippen LogP) is 6.61. The van der Waals surface area contributed by atoms with Gasteiger partial charge in [0.25, 0.3) is 5.69 Å². The summed E-state index contributed by atoms with van der Waals surface area (Å²) in [7, 11) is 0. The molecule has 5 nitrogen and oxygen atoms in total. The largest absolute Gasteiger partial charge is 0.507 e. The van der Waals surface area contributed by atoms with Gasteiger partial charge in [-0.2, -0.15) is 0 Å². The fourth-order valence-corrected chi connectivity index (χ4v) is 3.80. The minimum Gasteiger partial charge on any atom is -0.507 e. The lowest BCUT2D eigenvalue weighted by Crippen LogP contribution is -1.98. The Labute approximate surface area is 163 Å². The maximum atomic E-state index is 11.1. The summed E-state index contributed by atoms with van der Waals surface area (Å²) in [6, 6.07) is 5.02. The Hall–Kier alpha value is -1.60. The topological polar surface area (TPSA) is 72.6 Å². The molecule has 1 N–H and O–H groups in total. The average Bonchev–Trinajstić information content (AvgIpc) is 2.55. The van der Waals surface area contributed by atoms with E-state index in [0.717, 1.165) is 11.1 Å². The molecule has 2 aromatic rings. The second-order valence-corrected chi connectivity index (χ2v) is 7.68. The summed E-state index contributed by atoms with van der Waals surface area (Å²) in [5.74, 6) is 1.47. The SMILES string of the molecule is CCc1cc(Oc2c(Br)cc([N+](=O)[O-])c(C)c2Br)cc(C(C)C)c1O. The molecular formula is C18H19Br2NO4. The highest BCUT2D eigenvalue weighted by molar-refractivity contribution is 9.11. The van der Waals surface area contributed by atoms with Gasteiger partial charge in [-0.15, -0.1) is 0 Å². The van der Waals surface area contributed by atoms with Gasteiger partial charge in [-0.1, -0.05) is 20.8 Å². The van der Waals surface area contributed by atoms with Crippen LogP contribution in [-0.2, 0) is 6.42 Å². The van der Waals surface area contributed by atoms with Crippen molar-refractivity contribution in [1.82, 2.24) is 0 Å². The molecule has 0 spiro atoms. The van der Waals surface area contributed by atoms with Crippen molar-refractivity contribution in [3.63, 3.8) is 0 Å². The maximum absolute atomic E-state index is 11.1. The molecule has 7 heteroatoms. The maximum Gasteiger partial charge on any atom is 0.274 e. The van der Waals surface area contributed by atoms with E-state index < -0.39 is 4.92 Å². The van der Waals surface area contributed by atoms with Gasteiger partial charge in [0.05, 0.1) is 13.9 Å². The molecule has 134 valence electrons. The first-order chi connectivity index (χ1) is 11.7. The number of nitro benzene ring substituents is 1. The molecule has 0 aliphatic heterocycles. The Morgan fingerprint density at radius 2 is 1.92 bits per heavy atom. The molecule has 0 aliphatic carbocycles. The molecule has 0 radical (unpaired) electrons. The van der Waals surface area contributed by atoms with Crippen LogP contribution in [0.4, 0.5) is 5.69 Å². The fourth-order valence-electron chi connectivity index (χ4n) is 2.54. The van der Waals surface area contributed by atoms with Crippen molar-refractivity contribution in [2.24, 2.45) is 0 Å². The second-order valence-electron chi connectivity index (χ2n) is 6.03. The van der Waals surface area contributed by atoms with Crippen molar-refractivity contribution in [2.75, 3.05) is 0 Å². The summed E-state index contributed by atoms with van der Waals surface area (Å²) in [5.41, 5.74) is 2.10. The van der Waals surface area contributed by atoms with Gasteiger partial charge in [-0.05, 0) is 68.8 Å². The summed E-state index contributed by atoms with van der Waals surface area (Å²) in [6.45, 7) is 7.63. The zero-order valence-corrected chi connectivity index (χ0v) is 17.6. The highest BCUT2D eigenvalue weighted by Crippen LogP contribution is 2.44. The third kappa shape index (κ3) is 3.98. The van der Waals surface area contributed by atoms with Crippen LogP contribution in [0.5, 0.6) is 17.2 Å². The van der Waals surface area contributed by atoms with Gasteiger partial charge in [-0.25, -0.2) is 0 Å². The number of nitro groups is 1. The van der Waals surface area contributed by atoms with Crippen molar-refractivity contribution in [1.29, 1.82) is 0 Å². The molecule has 0 atom stereocenters. The molecule has 25 heavy (non-hydrogen) atoms. The summed E-state index contributed by atoms with van der Waals surface area (Å²) in [6.07, 6.45) is 0.671. The zero-order valence-electron chi connectivity index (χ0n) is 14.4. The van der Waals surface area contributed by atoms with Crippen LogP contribution < -0.4 is 4.74 Å². The molecule has 2 aromatic carbocycles. The Bertz CT molecular complexity index is 835. The van der Waals surface area contributed by atoms with Crippen LogP contribution in [0.1, 0.15) is 43.4 Å². The van der Waals surface area contributed by atoms with E-state index in [9.17, 15) is 15.2 Å². The van der Waals surface area contributed by atoms with E-state index in [1.807, 2.05) is 20.8 Å². The van der Waals surface area contributed by atoms with Crippen molar-refractivity contribution in [3.05, 3.63) is 53.9 Å². The van der Waals surface area contributed by atoms with Gasteiger partial charge in [0.1, 0.15) is 11.5 Å². The number of halogens is 2. The zero-order chi connectivity index (χ0) is 18.9. The van der Waals surface area contributed by atoms with Crippen LogP contribution in [-0.4, -0.2) is 10.0 Å². The molecule has 0 bridgehead atoms. The Kier molecular flexibility index (Phi) is 6.11. The number of aryl methyl sites for hydroxylation is 1. The predicted molar refractivity (Wildman–Crippen MR) is 105 cm³/mol. The van der Waals surface area contributed by atoms with Crippen molar-refractivity contribution < 1.29 is 14.8 Å². The van der Waals surface area contributed by atoms with Crippen LogP contribution >= 0.6 is 31.9 Å². The summed E-state index contributed by atoms with van der Waals surface area (Å²) >= 11 is 6.74. The number of hydrogen-bond donors (Lipinski definition) is 1. The smallest absolute Gasteiger partial charge is 0.274 e. The van der Waals surface area contributed by atoms with Gasteiger partial charge in [0.15, 0.2) is 5.75 Å². The Balaban J connectivity index is 2.55. The average molecular weight is 473 g/mol. The van der Waals surface area contributed by atoms with Gasteiger partial charge >= 0.3 is 0 Å². The number of benzene rings is 2. The molecule has 0 heterocycles. The number of phenols is 1. The number of nitrogens with zero attached hydrogens (tertiary/aromatic N) is 1. The minimum absolute atomic E-state index is 0.00826. The molecule has 0 amide bonds. The summed E-state index contributed by atoms with van der Waals surface area (Å²) < 4.78 is 7.02. The van der Waals surface area contributed by atoms with Crippen LogP contribution in [0, 0.1) is 17.0 Å². The highest BCUT2D eigenvalue weighted by atomic mass is 79.9. The number of hydrogen-bond acceptors (Lipinski definition) is 4. The lowest BCUT2D eigenvalue weighted by atomic mass is 9.97. The molecule has 0 saturated heterocycles. The monoisotopic (exact) mass is 471 g/mol. The van der Waals surface area contributed by atoms with Gasteiger partial charge < -0.3 is 9.84 Å². The molecule has 0 aliphatic rings. The van der Waals surface area contributed by atoms with Gasteiger partial charge in [-0.3, -0.25) is 10.1 Å². The lowest BCUT2D eigenvalue weighted by molar-refractivity contribution is -0.385. The van der Waals surface area contributed by atoms with E-state index in [4.69, 9.17) is 4.74 Å². The lowest BCUT2D eigenvalue weighted by Gasteiger charge is -2.17. The molecule has 0 unspecified atom stereocenters.